The zero-order chi connectivity index (χ0) is 16.1. The topological polar surface area (TPSA) is 9.23 Å². The summed E-state index contributed by atoms with van der Waals surface area (Å²) in [5.41, 5.74) is 6.06. The number of rotatable bonds is 4. The van der Waals surface area contributed by atoms with Gasteiger partial charge in [0.15, 0.2) is 0 Å². The molecule has 0 bridgehead atoms. The van der Waals surface area contributed by atoms with Crippen molar-refractivity contribution in [2.45, 2.75) is 6.92 Å². The lowest BCUT2D eigenvalue weighted by molar-refractivity contribution is 0.415. The number of benzene rings is 3. The predicted molar refractivity (Wildman–Crippen MR) is 97.6 cm³/mol. The quantitative estimate of drug-likeness (QED) is 0.570. The van der Waals surface area contributed by atoms with E-state index in [9.17, 15) is 0 Å². The van der Waals surface area contributed by atoms with Gasteiger partial charge in [0.25, 0.3) is 0 Å². The maximum atomic E-state index is 5.27. The van der Waals surface area contributed by atoms with Crippen molar-refractivity contribution in [1.82, 2.24) is 0 Å². The highest BCUT2D eigenvalue weighted by atomic mass is 16.5. The lowest BCUT2D eigenvalue weighted by Gasteiger charge is -2.10. The molecular formula is C22H20O. The van der Waals surface area contributed by atoms with Gasteiger partial charge in [-0.25, -0.2) is 0 Å². The van der Waals surface area contributed by atoms with Crippen LogP contribution in [0.3, 0.4) is 0 Å². The molecule has 1 nitrogen and oxygen atoms in total. The highest BCUT2D eigenvalue weighted by Crippen LogP contribution is 2.27. The van der Waals surface area contributed by atoms with Crippen molar-refractivity contribution in [2.75, 3.05) is 7.11 Å². The van der Waals surface area contributed by atoms with E-state index in [4.69, 9.17) is 4.74 Å². The Bertz CT molecular complexity index is 782. The van der Waals surface area contributed by atoms with Crippen LogP contribution in [0.15, 0.2) is 78.9 Å². The van der Waals surface area contributed by atoms with E-state index in [0.717, 1.165) is 5.75 Å². The molecule has 0 saturated carbocycles. The summed E-state index contributed by atoms with van der Waals surface area (Å²) in [4.78, 5) is 0. The second-order valence-corrected chi connectivity index (χ2v) is 5.56. The van der Waals surface area contributed by atoms with Crippen LogP contribution in [0.5, 0.6) is 5.75 Å². The molecule has 0 heterocycles. The first-order chi connectivity index (χ1) is 11.3. The molecule has 0 N–H and O–H groups in total. The lowest BCUT2D eigenvalue weighted by atomic mass is 9.95. The SMILES string of the molecule is COc1ccc(/C(=C\c2ccc(C)cc2)c2ccccc2)cc1. The molecule has 0 amide bonds. The van der Waals surface area contributed by atoms with Crippen molar-refractivity contribution in [2.24, 2.45) is 0 Å². The molecule has 3 aromatic carbocycles. The molecule has 1 heteroatoms. The van der Waals surface area contributed by atoms with Crippen molar-refractivity contribution in [3.63, 3.8) is 0 Å². The molecule has 0 aliphatic rings. The van der Waals surface area contributed by atoms with E-state index in [2.05, 4.69) is 73.7 Å². The van der Waals surface area contributed by atoms with Gasteiger partial charge in [0.1, 0.15) is 5.75 Å². The summed E-state index contributed by atoms with van der Waals surface area (Å²) >= 11 is 0. The van der Waals surface area contributed by atoms with Crippen molar-refractivity contribution in [3.05, 3.63) is 101 Å². The molecule has 3 rings (SSSR count). The highest BCUT2D eigenvalue weighted by Gasteiger charge is 2.05. The van der Waals surface area contributed by atoms with Crippen LogP contribution >= 0.6 is 0 Å². The summed E-state index contributed by atoms with van der Waals surface area (Å²) in [5.74, 6) is 0.872. The van der Waals surface area contributed by atoms with Gasteiger partial charge < -0.3 is 4.74 Å². The van der Waals surface area contributed by atoms with E-state index in [1.807, 2.05) is 18.2 Å². The molecule has 0 saturated heterocycles. The van der Waals surface area contributed by atoms with Gasteiger partial charge in [0.05, 0.1) is 7.11 Å². The largest absolute Gasteiger partial charge is 0.497 e. The molecule has 0 radical (unpaired) electrons. The van der Waals surface area contributed by atoms with Crippen molar-refractivity contribution < 1.29 is 4.74 Å². The first-order valence-electron chi connectivity index (χ1n) is 7.74. The second-order valence-electron chi connectivity index (χ2n) is 5.56. The van der Waals surface area contributed by atoms with Gasteiger partial charge in [-0.3, -0.25) is 0 Å². The van der Waals surface area contributed by atoms with E-state index >= 15 is 0 Å². The third-order valence-corrected chi connectivity index (χ3v) is 3.87. The Balaban J connectivity index is 2.08. The third-order valence-electron chi connectivity index (χ3n) is 3.87. The first-order valence-corrected chi connectivity index (χ1v) is 7.74. The third kappa shape index (κ3) is 3.70. The van der Waals surface area contributed by atoms with Gasteiger partial charge in [0.2, 0.25) is 0 Å². The molecule has 0 atom stereocenters. The van der Waals surface area contributed by atoms with Crippen molar-refractivity contribution >= 4 is 11.6 Å². The molecule has 0 aliphatic carbocycles. The van der Waals surface area contributed by atoms with Crippen molar-refractivity contribution in [1.29, 1.82) is 0 Å². The minimum absolute atomic E-state index is 0.872. The fraction of sp³-hybridized carbons (Fsp3) is 0.0909. The smallest absolute Gasteiger partial charge is 0.118 e. The Hall–Kier alpha value is -2.80. The van der Waals surface area contributed by atoms with Crippen LogP contribution in [0.25, 0.3) is 11.6 Å². The summed E-state index contributed by atoms with van der Waals surface area (Å²) in [7, 11) is 1.69. The van der Waals surface area contributed by atoms with Gasteiger partial charge in [-0.1, -0.05) is 72.3 Å². The first kappa shape index (κ1) is 15.1. The molecule has 0 aliphatic heterocycles. The van der Waals surface area contributed by atoms with E-state index < -0.39 is 0 Å². The number of hydrogen-bond donors (Lipinski definition) is 0. The Morgan fingerprint density at radius 3 is 1.96 bits per heavy atom. The maximum Gasteiger partial charge on any atom is 0.118 e. The van der Waals surface area contributed by atoms with E-state index in [1.165, 1.54) is 27.8 Å². The van der Waals surface area contributed by atoms with Gasteiger partial charge >= 0.3 is 0 Å². The van der Waals surface area contributed by atoms with E-state index in [1.54, 1.807) is 7.11 Å². The summed E-state index contributed by atoms with van der Waals surface area (Å²) < 4.78 is 5.27. The van der Waals surface area contributed by atoms with Crippen LogP contribution in [-0.4, -0.2) is 7.11 Å². The molecule has 114 valence electrons. The molecular weight excluding hydrogens is 280 g/mol. The standard InChI is InChI=1S/C22H20O/c1-17-8-10-18(11-9-17)16-22(19-6-4-3-5-7-19)20-12-14-21(23-2)15-13-20/h3-16H,1-2H3/b22-16-. The minimum Gasteiger partial charge on any atom is -0.497 e. The number of ether oxygens (including phenoxy) is 1. The Morgan fingerprint density at radius 1 is 0.739 bits per heavy atom. The summed E-state index contributed by atoms with van der Waals surface area (Å²) in [6.07, 6.45) is 2.23. The normalized spacial score (nSPS) is 11.3. The highest BCUT2D eigenvalue weighted by molar-refractivity contribution is 5.91. The zero-order valence-corrected chi connectivity index (χ0v) is 13.5. The Morgan fingerprint density at radius 2 is 1.35 bits per heavy atom. The fourth-order valence-corrected chi connectivity index (χ4v) is 2.55. The van der Waals surface area contributed by atoms with Crippen LogP contribution in [0, 0.1) is 6.92 Å². The van der Waals surface area contributed by atoms with E-state index in [-0.39, 0.29) is 0 Å². The predicted octanol–water partition coefficient (Wildman–Crippen LogP) is 5.59. The molecule has 0 spiro atoms. The van der Waals surface area contributed by atoms with E-state index in [0.29, 0.717) is 0 Å². The van der Waals surface area contributed by atoms with Crippen LogP contribution in [0.4, 0.5) is 0 Å². The number of aryl methyl sites for hydroxylation is 1. The second kappa shape index (κ2) is 6.97. The van der Waals surface area contributed by atoms with Crippen LogP contribution in [0.2, 0.25) is 0 Å². The number of hydrogen-bond acceptors (Lipinski definition) is 1. The lowest BCUT2D eigenvalue weighted by Crippen LogP contribution is -1.89. The van der Waals surface area contributed by atoms with Crippen LogP contribution in [0.1, 0.15) is 22.3 Å². The monoisotopic (exact) mass is 300 g/mol. The zero-order valence-electron chi connectivity index (χ0n) is 13.5. The molecule has 0 unspecified atom stereocenters. The summed E-state index contributed by atoms with van der Waals surface area (Å²) in [6, 6.07) is 27.3. The van der Waals surface area contributed by atoms with Gasteiger partial charge in [-0.2, -0.15) is 0 Å². The fourth-order valence-electron chi connectivity index (χ4n) is 2.55. The maximum absolute atomic E-state index is 5.27. The average Bonchev–Trinajstić information content (AvgIpc) is 2.62. The summed E-state index contributed by atoms with van der Waals surface area (Å²) in [5, 5.41) is 0. The molecule has 0 aromatic heterocycles. The summed E-state index contributed by atoms with van der Waals surface area (Å²) in [6.45, 7) is 2.11. The van der Waals surface area contributed by atoms with Gasteiger partial charge in [0, 0.05) is 0 Å². The Kier molecular flexibility index (Phi) is 4.58. The molecule has 23 heavy (non-hydrogen) atoms. The minimum atomic E-state index is 0.872. The van der Waals surface area contributed by atoms with Crippen molar-refractivity contribution in [3.8, 4) is 5.75 Å². The molecule has 3 aromatic rings. The van der Waals surface area contributed by atoms with Crippen LogP contribution in [-0.2, 0) is 0 Å². The molecule has 0 fully saturated rings. The average molecular weight is 300 g/mol. The van der Waals surface area contributed by atoms with Gasteiger partial charge in [-0.15, -0.1) is 0 Å². The Labute approximate surface area is 137 Å². The van der Waals surface area contributed by atoms with Crippen LogP contribution < -0.4 is 4.74 Å². The number of methoxy groups -OCH3 is 1. The van der Waals surface area contributed by atoms with Gasteiger partial charge in [-0.05, 0) is 47.4 Å².